The number of nitriles is 1. The number of nitrogens with one attached hydrogen (secondary N) is 2. The molecule has 0 aliphatic carbocycles. The monoisotopic (exact) mass is 267 g/mol. The normalized spacial score (nSPS) is 10.1. The molecule has 0 saturated heterocycles. The van der Waals surface area contributed by atoms with Crippen molar-refractivity contribution >= 4 is 17.3 Å². The van der Waals surface area contributed by atoms with Gasteiger partial charge < -0.3 is 10.6 Å². The maximum atomic E-state index is 9.06. The molecule has 5 heteroatoms. The fourth-order valence-electron chi connectivity index (χ4n) is 1.66. The molecule has 0 amide bonds. The summed E-state index contributed by atoms with van der Waals surface area (Å²) < 4.78 is 0. The Balaban J connectivity index is 2.14. The van der Waals surface area contributed by atoms with Gasteiger partial charge in [0.05, 0.1) is 11.3 Å². The van der Waals surface area contributed by atoms with Gasteiger partial charge >= 0.3 is 0 Å². The average Bonchev–Trinajstić information content (AvgIpc) is 2.46. The molecule has 1 aromatic heterocycles. The van der Waals surface area contributed by atoms with Crippen LogP contribution in [-0.4, -0.2) is 16.5 Å². The molecule has 0 fully saturated rings. The number of rotatable bonds is 5. The number of nitrogens with zero attached hydrogens (tertiary/aromatic N) is 3. The fraction of sp³-hybridized carbons (Fsp3) is 0.267. The van der Waals surface area contributed by atoms with Crippen LogP contribution in [-0.2, 0) is 0 Å². The van der Waals surface area contributed by atoms with E-state index in [9.17, 15) is 0 Å². The summed E-state index contributed by atoms with van der Waals surface area (Å²) in [7, 11) is 0. The van der Waals surface area contributed by atoms with Crippen LogP contribution in [0.1, 0.15) is 19.4 Å². The Morgan fingerprint density at radius 1 is 1.20 bits per heavy atom. The smallest absolute Gasteiger partial charge is 0.135 e. The van der Waals surface area contributed by atoms with E-state index in [0.717, 1.165) is 18.1 Å². The molecule has 5 nitrogen and oxygen atoms in total. The second-order valence-corrected chi connectivity index (χ2v) is 4.85. The molecule has 1 aromatic carbocycles. The maximum Gasteiger partial charge on any atom is 0.135 e. The first-order valence-corrected chi connectivity index (χ1v) is 6.51. The largest absolute Gasteiger partial charge is 0.370 e. The molecular weight excluding hydrogens is 250 g/mol. The Labute approximate surface area is 118 Å². The van der Waals surface area contributed by atoms with E-state index < -0.39 is 0 Å². The molecule has 2 N–H and O–H groups in total. The lowest BCUT2D eigenvalue weighted by molar-refractivity contribution is 0.687. The van der Waals surface area contributed by atoms with E-state index in [0.29, 0.717) is 17.3 Å². The molecule has 0 aliphatic heterocycles. The zero-order valence-electron chi connectivity index (χ0n) is 11.6. The SMILES string of the molecule is CC(C)CNc1cc(Nc2ccccc2C#N)ncn1. The van der Waals surface area contributed by atoms with Crippen molar-refractivity contribution in [3.8, 4) is 6.07 Å². The van der Waals surface area contributed by atoms with Crippen LogP contribution in [0.3, 0.4) is 0 Å². The molecule has 2 rings (SSSR count). The predicted octanol–water partition coefficient (Wildman–Crippen LogP) is 3.16. The highest BCUT2D eigenvalue weighted by molar-refractivity contribution is 5.65. The number of aromatic nitrogens is 2. The van der Waals surface area contributed by atoms with E-state index >= 15 is 0 Å². The fourth-order valence-corrected chi connectivity index (χ4v) is 1.66. The zero-order chi connectivity index (χ0) is 14.4. The minimum Gasteiger partial charge on any atom is -0.370 e. The molecule has 0 spiro atoms. The Morgan fingerprint density at radius 2 is 1.95 bits per heavy atom. The quantitative estimate of drug-likeness (QED) is 0.870. The standard InChI is InChI=1S/C15H17N5/c1-11(2)9-17-14-7-15(19-10-18-14)20-13-6-4-3-5-12(13)8-16/h3-7,10-11H,9H2,1-2H3,(H2,17,18,19,20). The summed E-state index contributed by atoms with van der Waals surface area (Å²) in [6.07, 6.45) is 1.50. The van der Waals surface area contributed by atoms with Crippen molar-refractivity contribution in [1.29, 1.82) is 5.26 Å². The molecule has 0 unspecified atom stereocenters. The van der Waals surface area contributed by atoms with E-state index in [1.807, 2.05) is 24.3 Å². The number of para-hydroxylation sites is 1. The van der Waals surface area contributed by atoms with Crippen LogP contribution in [0, 0.1) is 17.2 Å². The van der Waals surface area contributed by atoms with Gasteiger partial charge in [-0.25, -0.2) is 9.97 Å². The summed E-state index contributed by atoms with van der Waals surface area (Å²) in [5.74, 6) is 1.97. The van der Waals surface area contributed by atoms with Gasteiger partial charge in [-0.2, -0.15) is 5.26 Å². The van der Waals surface area contributed by atoms with Crippen molar-refractivity contribution in [2.45, 2.75) is 13.8 Å². The van der Waals surface area contributed by atoms with Crippen LogP contribution >= 0.6 is 0 Å². The maximum absolute atomic E-state index is 9.06. The molecule has 0 radical (unpaired) electrons. The van der Waals surface area contributed by atoms with Gasteiger partial charge in [0.1, 0.15) is 24.0 Å². The highest BCUT2D eigenvalue weighted by Gasteiger charge is 2.03. The van der Waals surface area contributed by atoms with Crippen molar-refractivity contribution in [2.75, 3.05) is 17.2 Å². The van der Waals surface area contributed by atoms with Gasteiger partial charge in [-0.15, -0.1) is 0 Å². The number of hydrogen-bond donors (Lipinski definition) is 2. The number of anilines is 3. The molecular formula is C15H17N5. The van der Waals surface area contributed by atoms with Crippen molar-refractivity contribution in [1.82, 2.24) is 9.97 Å². The van der Waals surface area contributed by atoms with Crippen LogP contribution in [0.2, 0.25) is 0 Å². The van der Waals surface area contributed by atoms with Gasteiger partial charge in [0.15, 0.2) is 0 Å². The van der Waals surface area contributed by atoms with Gasteiger partial charge in [0, 0.05) is 12.6 Å². The summed E-state index contributed by atoms with van der Waals surface area (Å²) in [4.78, 5) is 8.33. The molecule has 102 valence electrons. The highest BCUT2D eigenvalue weighted by Crippen LogP contribution is 2.19. The number of hydrogen-bond acceptors (Lipinski definition) is 5. The van der Waals surface area contributed by atoms with E-state index in [4.69, 9.17) is 5.26 Å². The molecule has 2 aromatic rings. The lowest BCUT2D eigenvalue weighted by Crippen LogP contribution is -2.09. The Hall–Kier alpha value is -2.61. The van der Waals surface area contributed by atoms with Gasteiger partial charge in [-0.05, 0) is 18.1 Å². The topological polar surface area (TPSA) is 73.6 Å². The Bertz CT molecular complexity index is 616. The van der Waals surface area contributed by atoms with Gasteiger partial charge in [0.25, 0.3) is 0 Å². The Kier molecular flexibility index (Phi) is 4.51. The summed E-state index contributed by atoms with van der Waals surface area (Å²) in [6.45, 7) is 5.12. The summed E-state index contributed by atoms with van der Waals surface area (Å²) in [6, 6.07) is 11.3. The first-order valence-electron chi connectivity index (χ1n) is 6.51. The van der Waals surface area contributed by atoms with Crippen LogP contribution in [0.5, 0.6) is 0 Å². The summed E-state index contributed by atoms with van der Waals surface area (Å²) >= 11 is 0. The van der Waals surface area contributed by atoms with Gasteiger partial charge in [0.2, 0.25) is 0 Å². The molecule has 0 saturated carbocycles. The molecule has 0 atom stereocenters. The van der Waals surface area contributed by atoms with E-state index in [1.54, 1.807) is 6.07 Å². The van der Waals surface area contributed by atoms with Crippen LogP contribution < -0.4 is 10.6 Å². The average molecular weight is 267 g/mol. The molecule has 0 aliphatic rings. The third-order valence-electron chi connectivity index (χ3n) is 2.67. The second-order valence-electron chi connectivity index (χ2n) is 4.85. The van der Waals surface area contributed by atoms with Gasteiger partial charge in [-0.1, -0.05) is 26.0 Å². The summed E-state index contributed by atoms with van der Waals surface area (Å²) in [5, 5.41) is 15.4. The first-order chi connectivity index (χ1) is 9.69. The number of benzene rings is 1. The van der Waals surface area contributed by atoms with E-state index in [1.165, 1.54) is 6.33 Å². The minimum absolute atomic E-state index is 0.542. The highest BCUT2D eigenvalue weighted by atomic mass is 15.1. The second kappa shape index (κ2) is 6.53. The lowest BCUT2D eigenvalue weighted by atomic mass is 10.2. The van der Waals surface area contributed by atoms with Crippen LogP contribution in [0.25, 0.3) is 0 Å². The summed E-state index contributed by atoms with van der Waals surface area (Å²) in [5.41, 5.74) is 1.33. The first kappa shape index (κ1) is 13.8. The minimum atomic E-state index is 0.542. The zero-order valence-corrected chi connectivity index (χ0v) is 11.6. The molecule has 20 heavy (non-hydrogen) atoms. The Morgan fingerprint density at radius 3 is 2.70 bits per heavy atom. The van der Waals surface area contributed by atoms with Crippen LogP contribution in [0.4, 0.5) is 17.3 Å². The van der Waals surface area contributed by atoms with Crippen molar-refractivity contribution in [3.05, 3.63) is 42.2 Å². The lowest BCUT2D eigenvalue weighted by Gasteiger charge is -2.10. The molecule has 1 heterocycles. The van der Waals surface area contributed by atoms with E-state index in [-0.39, 0.29) is 0 Å². The van der Waals surface area contributed by atoms with Crippen molar-refractivity contribution < 1.29 is 0 Å². The van der Waals surface area contributed by atoms with Crippen molar-refractivity contribution in [2.24, 2.45) is 5.92 Å². The third kappa shape index (κ3) is 3.69. The van der Waals surface area contributed by atoms with Crippen LogP contribution in [0.15, 0.2) is 36.7 Å². The van der Waals surface area contributed by atoms with E-state index in [2.05, 4.69) is 40.5 Å². The van der Waals surface area contributed by atoms with Gasteiger partial charge in [-0.3, -0.25) is 0 Å². The predicted molar refractivity (Wildman–Crippen MR) is 79.8 cm³/mol. The van der Waals surface area contributed by atoms with Crippen molar-refractivity contribution in [3.63, 3.8) is 0 Å². The molecule has 0 bridgehead atoms. The third-order valence-corrected chi connectivity index (χ3v) is 2.67.